The number of benzene rings is 1. The maximum Gasteiger partial charge on any atom is 0.236 e. The van der Waals surface area contributed by atoms with E-state index < -0.39 is 0 Å². The Kier molecular flexibility index (Phi) is 4.53. The van der Waals surface area contributed by atoms with Crippen molar-refractivity contribution in [3.63, 3.8) is 0 Å². The van der Waals surface area contributed by atoms with Crippen molar-refractivity contribution in [3.8, 4) is 11.3 Å². The largest absolute Gasteiger partial charge is 0.373 e. The number of halogens is 2. The van der Waals surface area contributed by atoms with Crippen molar-refractivity contribution in [3.05, 3.63) is 39.6 Å². The van der Waals surface area contributed by atoms with Gasteiger partial charge in [-0.2, -0.15) is 0 Å². The second-order valence-corrected chi connectivity index (χ2v) is 8.89. The molecule has 27 heavy (non-hydrogen) atoms. The van der Waals surface area contributed by atoms with Crippen LogP contribution in [0.5, 0.6) is 0 Å². The number of rotatable bonds is 5. The summed E-state index contributed by atoms with van der Waals surface area (Å²) in [6, 6.07) is 5.53. The van der Waals surface area contributed by atoms with Gasteiger partial charge in [0.15, 0.2) is 11.6 Å². The zero-order valence-electron chi connectivity index (χ0n) is 14.9. The Bertz CT molecular complexity index is 853. The highest BCUT2D eigenvalue weighted by Crippen LogP contribution is 2.46. The molecule has 1 aromatic heterocycles. The number of aromatic nitrogens is 1. The van der Waals surface area contributed by atoms with Gasteiger partial charge in [-0.05, 0) is 44.6 Å². The minimum absolute atomic E-state index is 0.129. The lowest BCUT2D eigenvalue weighted by Crippen LogP contribution is -2.30. The second kappa shape index (κ2) is 6.91. The monoisotopic (exact) mass is 406 g/mol. The van der Waals surface area contributed by atoms with E-state index in [0.717, 1.165) is 55.4 Å². The number of ether oxygens (including phenoxy) is 1. The van der Waals surface area contributed by atoms with E-state index >= 15 is 0 Å². The summed E-state index contributed by atoms with van der Waals surface area (Å²) in [5.41, 5.74) is 2.44. The number of hydrogen-bond donors (Lipinski definition) is 0. The number of hydrogen-bond acceptors (Lipinski definition) is 4. The van der Waals surface area contributed by atoms with Crippen molar-refractivity contribution in [2.45, 2.75) is 57.2 Å². The van der Waals surface area contributed by atoms with Crippen molar-refractivity contribution >= 4 is 17.4 Å². The number of ketones is 1. The van der Waals surface area contributed by atoms with E-state index in [1.54, 1.807) is 0 Å². The summed E-state index contributed by atoms with van der Waals surface area (Å²) in [4.78, 5) is 12.1. The predicted molar refractivity (Wildman–Crippen MR) is 98.5 cm³/mol. The van der Waals surface area contributed by atoms with Gasteiger partial charge in [0.25, 0.3) is 0 Å². The van der Waals surface area contributed by atoms with Crippen LogP contribution in [0.4, 0.5) is 0 Å². The Balaban J connectivity index is 1.42. The Hall–Kier alpha value is -1.36. The topological polar surface area (TPSA) is 52.3 Å². The quantitative estimate of drug-likeness (QED) is 0.712. The molecule has 0 amide bonds. The van der Waals surface area contributed by atoms with Gasteiger partial charge in [-0.15, -0.1) is 0 Å². The van der Waals surface area contributed by atoms with Crippen molar-refractivity contribution in [1.29, 1.82) is 0 Å². The zero-order valence-corrected chi connectivity index (χ0v) is 16.5. The molecule has 3 aliphatic carbocycles. The van der Waals surface area contributed by atoms with Gasteiger partial charge in [-0.1, -0.05) is 22.8 Å². The fourth-order valence-electron chi connectivity index (χ4n) is 4.61. The van der Waals surface area contributed by atoms with Crippen LogP contribution >= 0.6 is 11.6 Å². The average molecular weight is 407 g/mol. The fourth-order valence-corrected chi connectivity index (χ4v) is 5.22. The summed E-state index contributed by atoms with van der Waals surface area (Å²) in [6.07, 6.45) is 6.09. The fraction of sp³-hybridized carbons (Fsp3) is 0.524. The van der Waals surface area contributed by atoms with Gasteiger partial charge in [0.2, 0.25) is 5.02 Å². The molecule has 4 nitrogen and oxygen atoms in total. The van der Waals surface area contributed by atoms with Crippen molar-refractivity contribution in [1.82, 2.24) is 5.16 Å². The van der Waals surface area contributed by atoms with Gasteiger partial charge < -0.3 is 9.26 Å². The van der Waals surface area contributed by atoms with Crippen LogP contribution in [0.1, 0.15) is 55.8 Å². The van der Waals surface area contributed by atoms with Crippen LogP contribution < -0.4 is 0 Å². The number of carbonyl (C=O) groups is 1. The Morgan fingerprint density at radius 1 is 1.15 bits per heavy atom. The van der Waals surface area contributed by atoms with E-state index in [2.05, 4.69) is 5.16 Å². The first-order chi connectivity index (χ1) is 13.1. The molecule has 0 saturated heterocycles. The van der Waals surface area contributed by atoms with Crippen molar-refractivity contribution in [2.75, 3.05) is 0 Å². The molecule has 0 radical (unpaired) electrons. The Morgan fingerprint density at radius 2 is 1.85 bits per heavy atom. The molecule has 0 aliphatic heterocycles. The SMILES string of the molecule is O=C1[C@@H]2CC[C@H]1CC(OCc1c(-c3c(Cl)cccc3[ClH+])noc1C1CC1)C2. The second-order valence-electron chi connectivity index (χ2n) is 8.04. The van der Waals surface area contributed by atoms with Crippen LogP contribution in [-0.4, -0.2) is 17.0 Å². The predicted octanol–water partition coefficient (Wildman–Crippen LogP) is 4.84. The number of fused-ring (bicyclic) bond motifs is 2. The molecule has 6 heteroatoms. The highest BCUT2D eigenvalue weighted by atomic mass is 35.5. The third-order valence-corrected chi connectivity index (χ3v) is 6.86. The molecule has 2 bridgehead atoms. The van der Waals surface area contributed by atoms with E-state index in [-0.39, 0.29) is 17.9 Å². The van der Waals surface area contributed by atoms with Gasteiger partial charge >= 0.3 is 0 Å². The smallest absolute Gasteiger partial charge is 0.236 e. The highest BCUT2D eigenvalue weighted by Gasteiger charge is 2.42. The van der Waals surface area contributed by atoms with E-state index in [9.17, 15) is 4.79 Å². The standard InChI is InChI=1S/C21H22Cl2NO3/c22-16-2-1-3-17(23)18(16)19-15(21(27-24-19)11-4-5-11)10-26-14-8-12-6-7-13(9-14)20(12)25/h1-3,11-14,22H,4-10H2/q+1/t12-,13+,14?. The molecular weight excluding hydrogens is 385 g/mol. The van der Waals surface area contributed by atoms with Crippen LogP contribution in [0.2, 0.25) is 10.0 Å². The van der Waals surface area contributed by atoms with E-state index in [1.165, 1.54) is 0 Å². The third-order valence-electron chi connectivity index (χ3n) is 6.21. The van der Waals surface area contributed by atoms with Crippen LogP contribution in [0.3, 0.4) is 0 Å². The number of Topliss-reactive ketones (excluding diaryl/α,β-unsaturated/α-hetero) is 1. The maximum atomic E-state index is 12.1. The number of carbonyl (C=O) groups excluding carboxylic acids is 1. The van der Waals surface area contributed by atoms with Crippen LogP contribution in [0, 0.1) is 23.4 Å². The molecule has 5 rings (SSSR count). The summed E-state index contributed by atoms with van der Waals surface area (Å²) >= 11 is 11.9. The molecule has 2 aromatic rings. The normalized spacial score (nSPS) is 27.3. The molecule has 3 fully saturated rings. The van der Waals surface area contributed by atoms with Gasteiger partial charge in [-0.3, -0.25) is 4.79 Å². The summed E-state index contributed by atoms with van der Waals surface area (Å²) in [5, 5.41) is 5.58. The van der Waals surface area contributed by atoms with E-state index in [1.807, 2.05) is 18.2 Å². The summed E-state index contributed by atoms with van der Waals surface area (Å²) in [6.45, 7) is 0.433. The molecular formula is C21H22Cl2NO3+. The first kappa shape index (κ1) is 17.7. The lowest BCUT2D eigenvalue weighted by molar-refractivity contribution is -0.287. The summed E-state index contributed by atoms with van der Waals surface area (Å²) in [7, 11) is 0. The van der Waals surface area contributed by atoms with Crippen molar-refractivity contribution < 1.29 is 25.7 Å². The molecule has 0 spiro atoms. The zero-order chi connectivity index (χ0) is 18.5. The average Bonchev–Trinajstić information content (AvgIpc) is 3.38. The first-order valence-corrected chi connectivity index (χ1v) is 10.5. The molecule has 0 N–H and O–H groups in total. The lowest BCUT2D eigenvalue weighted by Gasteiger charge is -2.26. The highest BCUT2D eigenvalue weighted by molar-refractivity contribution is 6.33. The minimum atomic E-state index is 0.129. The van der Waals surface area contributed by atoms with Crippen LogP contribution in [-0.2, 0) is 16.1 Å². The lowest BCUT2D eigenvalue weighted by atomic mass is 9.86. The van der Waals surface area contributed by atoms with E-state index in [4.69, 9.17) is 32.5 Å². The van der Waals surface area contributed by atoms with Crippen molar-refractivity contribution in [2.24, 2.45) is 11.8 Å². The molecule has 1 unspecified atom stereocenters. The van der Waals surface area contributed by atoms with Crippen LogP contribution in [0.25, 0.3) is 11.3 Å². The number of nitrogens with zero attached hydrogens (tertiary/aromatic N) is 1. The van der Waals surface area contributed by atoms with Gasteiger partial charge in [0, 0.05) is 29.4 Å². The van der Waals surface area contributed by atoms with Gasteiger partial charge in [-0.25, -0.2) is 0 Å². The minimum Gasteiger partial charge on any atom is -0.373 e. The summed E-state index contributed by atoms with van der Waals surface area (Å²) < 4.78 is 12.0. The Morgan fingerprint density at radius 3 is 2.52 bits per heavy atom. The third kappa shape index (κ3) is 3.22. The molecule has 3 aliphatic rings. The molecule has 3 atom stereocenters. The molecule has 1 heterocycles. The first-order valence-electron chi connectivity index (χ1n) is 9.71. The molecule has 1 aromatic carbocycles. The van der Waals surface area contributed by atoms with Gasteiger partial charge in [0.05, 0.1) is 23.3 Å². The Labute approximate surface area is 168 Å². The molecule has 142 valence electrons. The van der Waals surface area contributed by atoms with Crippen LogP contribution in [0.15, 0.2) is 22.7 Å². The maximum absolute atomic E-state index is 12.1. The van der Waals surface area contributed by atoms with E-state index in [0.29, 0.717) is 34.0 Å². The summed E-state index contributed by atoms with van der Waals surface area (Å²) in [5.74, 6) is 2.17. The van der Waals surface area contributed by atoms with Gasteiger partial charge in [0.1, 0.15) is 17.2 Å². The molecule has 3 saturated carbocycles.